The fourth-order valence-electron chi connectivity index (χ4n) is 2.90. The first kappa shape index (κ1) is 11.3. The van der Waals surface area contributed by atoms with Gasteiger partial charge in [0.25, 0.3) is 0 Å². The van der Waals surface area contributed by atoms with E-state index in [1.54, 1.807) is 24.7 Å². The van der Waals surface area contributed by atoms with Crippen LogP contribution in [-0.4, -0.2) is 52.8 Å². The SMILES string of the molecule is [2H]C1([2H])OC([2H])(C)C([2H])([2H])N(CC(=O)Cc2cc3cc(-c4cccnc4)ccc3cn2)C1([2H])[2H]. The van der Waals surface area contributed by atoms with Crippen molar-refractivity contribution in [2.75, 3.05) is 26.1 Å². The van der Waals surface area contributed by atoms with Crippen molar-refractivity contribution in [2.45, 2.75) is 19.4 Å². The highest BCUT2D eigenvalue weighted by atomic mass is 16.5. The molecular weight excluding hydrogens is 338 g/mol. The number of nitrogens with zero attached hydrogens (tertiary/aromatic N) is 3. The number of fused-ring (bicyclic) bond motifs is 1. The molecule has 5 nitrogen and oxygen atoms in total. The van der Waals surface area contributed by atoms with E-state index in [9.17, 15) is 4.79 Å². The molecule has 0 N–H and O–H groups in total. The lowest BCUT2D eigenvalue weighted by Crippen LogP contribution is -2.43. The highest BCUT2D eigenvalue weighted by molar-refractivity contribution is 5.88. The van der Waals surface area contributed by atoms with E-state index in [1.165, 1.54) is 0 Å². The molecule has 1 aliphatic rings. The van der Waals surface area contributed by atoms with Gasteiger partial charge in [0.2, 0.25) is 0 Å². The number of hydrogen-bond acceptors (Lipinski definition) is 5. The molecule has 4 rings (SSSR count). The molecule has 0 radical (unpaired) electrons. The lowest BCUT2D eigenvalue weighted by Gasteiger charge is -2.30. The van der Waals surface area contributed by atoms with Gasteiger partial charge in [-0.1, -0.05) is 18.2 Å². The first-order valence-electron chi connectivity index (χ1n) is 12.0. The fourth-order valence-corrected chi connectivity index (χ4v) is 2.90. The number of ether oxygens (including phenoxy) is 1. The summed E-state index contributed by atoms with van der Waals surface area (Å²) >= 11 is 0. The number of ketones is 1. The normalized spacial score (nSPS) is 30.0. The summed E-state index contributed by atoms with van der Waals surface area (Å²) in [5, 5.41) is 1.70. The second kappa shape index (κ2) is 7.94. The van der Waals surface area contributed by atoms with Crippen molar-refractivity contribution in [3.8, 4) is 11.1 Å². The molecule has 0 bridgehead atoms. The highest BCUT2D eigenvalue weighted by Gasteiger charge is 2.19. The molecule has 5 heteroatoms. The van der Waals surface area contributed by atoms with E-state index in [4.69, 9.17) is 14.3 Å². The smallest absolute Gasteiger partial charge is 0.152 e. The molecule has 3 heterocycles. The molecule has 0 saturated carbocycles. The van der Waals surface area contributed by atoms with Crippen molar-refractivity contribution in [3.63, 3.8) is 0 Å². The molecule has 1 atom stereocenters. The zero-order chi connectivity index (χ0) is 24.9. The number of benzene rings is 1. The van der Waals surface area contributed by atoms with Gasteiger partial charge >= 0.3 is 0 Å². The van der Waals surface area contributed by atoms with E-state index < -0.39 is 38.0 Å². The molecule has 3 aromatic rings. The molecule has 27 heavy (non-hydrogen) atoms. The number of Topliss-reactive ketones (excluding diaryl/α,β-unsaturated/α-hetero) is 1. The zero-order valence-electron chi connectivity index (χ0n) is 21.8. The molecule has 0 amide bonds. The van der Waals surface area contributed by atoms with E-state index in [1.807, 2.05) is 30.3 Å². The third-order valence-corrected chi connectivity index (χ3v) is 4.16. The minimum Gasteiger partial charge on any atom is -0.376 e. The Morgan fingerprint density at radius 3 is 3.07 bits per heavy atom. The van der Waals surface area contributed by atoms with Gasteiger partial charge in [-0.25, -0.2) is 0 Å². The van der Waals surface area contributed by atoms with Crippen molar-refractivity contribution < 1.29 is 19.1 Å². The zero-order valence-corrected chi connectivity index (χ0v) is 14.8. The lowest BCUT2D eigenvalue weighted by atomic mass is 10.0. The van der Waals surface area contributed by atoms with E-state index in [0.29, 0.717) is 10.6 Å². The van der Waals surface area contributed by atoms with Crippen molar-refractivity contribution in [2.24, 2.45) is 0 Å². The molecular formula is C22H23N3O2. The Morgan fingerprint density at radius 1 is 1.30 bits per heavy atom. The third kappa shape index (κ3) is 4.38. The van der Waals surface area contributed by atoms with Crippen LogP contribution in [0.15, 0.2) is 55.0 Å². The number of carbonyl (C=O) groups excluding carboxylic acids is 1. The Labute approximate surface area is 168 Å². The second-order valence-corrected chi connectivity index (χ2v) is 6.26. The Morgan fingerprint density at radius 2 is 2.22 bits per heavy atom. The maximum Gasteiger partial charge on any atom is 0.152 e. The minimum absolute atomic E-state index is 0.214. The first-order chi connectivity index (χ1) is 15.7. The van der Waals surface area contributed by atoms with Gasteiger partial charge in [-0.15, -0.1) is 0 Å². The van der Waals surface area contributed by atoms with Crippen LogP contribution >= 0.6 is 0 Å². The van der Waals surface area contributed by atoms with Gasteiger partial charge in [0.05, 0.1) is 29.7 Å². The molecule has 1 saturated heterocycles. The Kier molecular flexibility index (Phi) is 3.31. The van der Waals surface area contributed by atoms with Crippen LogP contribution in [0.3, 0.4) is 0 Å². The Balaban J connectivity index is 1.59. The van der Waals surface area contributed by atoms with Crippen molar-refractivity contribution in [3.05, 3.63) is 60.7 Å². The van der Waals surface area contributed by atoms with E-state index in [-0.39, 0.29) is 6.42 Å². The molecule has 1 unspecified atom stereocenters. The van der Waals surface area contributed by atoms with Crippen LogP contribution < -0.4 is 0 Å². The number of morpholine rings is 1. The number of carbonyl (C=O) groups is 1. The largest absolute Gasteiger partial charge is 0.376 e. The number of aromatic nitrogens is 2. The van der Waals surface area contributed by atoms with Gasteiger partial charge in [-0.05, 0) is 36.1 Å². The standard InChI is InChI=1S/C22H23N3O2/c1-16-14-25(7-8-27-16)15-22(26)11-21-10-20-9-17(4-5-19(20)13-24-21)18-3-2-6-23-12-18/h2-6,9-10,12-13,16H,7-8,11,14-15H2,1H3/i7D2,8D2,14D2,16D. The Bertz CT molecular complexity index is 1210. The number of hydrogen-bond donors (Lipinski definition) is 0. The first-order valence-corrected chi connectivity index (χ1v) is 8.53. The van der Waals surface area contributed by atoms with E-state index >= 15 is 0 Å². The Hall–Kier alpha value is -2.63. The van der Waals surface area contributed by atoms with Crippen LogP contribution in [0.2, 0.25) is 0 Å². The maximum absolute atomic E-state index is 12.9. The molecule has 138 valence electrons. The summed E-state index contributed by atoms with van der Waals surface area (Å²) in [4.78, 5) is 21.7. The summed E-state index contributed by atoms with van der Waals surface area (Å²) in [7, 11) is 0. The molecule has 1 fully saturated rings. The van der Waals surface area contributed by atoms with Gasteiger partial charge in [-0.2, -0.15) is 0 Å². The molecule has 0 spiro atoms. The summed E-state index contributed by atoms with van der Waals surface area (Å²) in [6.45, 7) is -8.51. The van der Waals surface area contributed by atoms with Crippen molar-refractivity contribution >= 4 is 16.6 Å². The monoisotopic (exact) mass is 368 g/mol. The van der Waals surface area contributed by atoms with Crippen LogP contribution in [0.1, 0.15) is 22.2 Å². The second-order valence-electron chi connectivity index (χ2n) is 6.26. The molecule has 1 aromatic carbocycles. The number of rotatable bonds is 5. The molecule has 1 aliphatic heterocycles. The van der Waals surface area contributed by atoms with E-state index in [2.05, 4.69) is 9.97 Å². The molecule has 2 aromatic heterocycles. The minimum atomic E-state index is -3.00. The summed E-state index contributed by atoms with van der Waals surface area (Å²) < 4.78 is 61.2. The topological polar surface area (TPSA) is 55.3 Å². The average molecular weight is 368 g/mol. The van der Waals surface area contributed by atoms with Crippen molar-refractivity contribution in [1.29, 1.82) is 0 Å². The third-order valence-electron chi connectivity index (χ3n) is 4.16. The van der Waals surface area contributed by atoms with Crippen LogP contribution in [0, 0.1) is 0 Å². The highest BCUT2D eigenvalue weighted by Crippen LogP contribution is 2.24. The number of pyridine rings is 2. The van der Waals surface area contributed by atoms with Gasteiger partial charge < -0.3 is 4.74 Å². The van der Waals surface area contributed by atoms with Gasteiger partial charge in [0.15, 0.2) is 5.78 Å². The van der Waals surface area contributed by atoms with Crippen LogP contribution in [0.4, 0.5) is 0 Å². The summed E-state index contributed by atoms with van der Waals surface area (Å²) in [5.74, 6) is -0.573. The summed E-state index contributed by atoms with van der Waals surface area (Å²) in [6, 6.07) is 11.3. The van der Waals surface area contributed by atoms with E-state index in [0.717, 1.165) is 28.8 Å². The van der Waals surface area contributed by atoms with Crippen molar-refractivity contribution in [1.82, 2.24) is 14.9 Å². The summed E-state index contributed by atoms with van der Waals surface area (Å²) in [5.41, 5.74) is 2.28. The average Bonchev–Trinajstić information content (AvgIpc) is 2.75. The van der Waals surface area contributed by atoms with Crippen LogP contribution in [0.5, 0.6) is 0 Å². The maximum atomic E-state index is 12.9. The van der Waals surface area contributed by atoms with Crippen LogP contribution in [-0.2, 0) is 16.0 Å². The van der Waals surface area contributed by atoms with Gasteiger partial charge in [-0.3, -0.25) is 19.7 Å². The predicted octanol–water partition coefficient (Wildman–Crippen LogP) is 3.13. The lowest BCUT2D eigenvalue weighted by molar-refractivity contribution is -0.121. The van der Waals surface area contributed by atoms with Crippen LogP contribution in [0.25, 0.3) is 21.9 Å². The van der Waals surface area contributed by atoms with Gasteiger partial charge in [0.1, 0.15) is 0 Å². The summed E-state index contributed by atoms with van der Waals surface area (Å²) in [6.07, 6.45) is 2.40. The fraction of sp³-hybridized carbons (Fsp3) is 0.318. The quantitative estimate of drug-likeness (QED) is 0.692. The molecule has 0 aliphatic carbocycles. The van der Waals surface area contributed by atoms with Gasteiger partial charge in [0, 0.05) is 53.7 Å². The predicted molar refractivity (Wildman–Crippen MR) is 106 cm³/mol.